The van der Waals surface area contributed by atoms with E-state index in [1.54, 1.807) is 40.1 Å². The van der Waals surface area contributed by atoms with E-state index in [0.717, 1.165) is 0 Å². The smallest absolute Gasteiger partial charge is 0.338 e. The Bertz CT molecular complexity index is 410. The summed E-state index contributed by atoms with van der Waals surface area (Å²) in [6.45, 7) is 19.2. The Hall–Kier alpha value is 1.38. The maximum atomic E-state index is 6.53. The first-order valence-corrected chi connectivity index (χ1v) is 18.7. The molecule has 6 nitrogen and oxygen atoms in total. The van der Waals surface area contributed by atoms with Gasteiger partial charge in [-0.25, -0.2) is 0 Å². The average Bonchev–Trinajstić information content (AvgIpc) is 3.19. The van der Waals surface area contributed by atoms with Crippen LogP contribution in [0.2, 0.25) is 0 Å². The normalized spacial score (nSPS) is 19.4. The lowest BCUT2D eigenvalue weighted by molar-refractivity contribution is -0.270. The van der Waals surface area contributed by atoms with Crippen LogP contribution in [0.1, 0.15) is 55.4 Å². The summed E-state index contributed by atoms with van der Waals surface area (Å²) in [7, 11) is 7.06. The SMILES string of the molecule is CCOC(C)C(OCC)(OCC)[Si]1(C(OCC)(OCC)C(C)OCC)SSSS1. The van der Waals surface area contributed by atoms with Crippen molar-refractivity contribution in [2.24, 2.45) is 0 Å². The first-order chi connectivity index (χ1) is 13.9. The zero-order valence-electron chi connectivity index (χ0n) is 19.0. The number of rotatable bonds is 16. The molecule has 0 radical (unpaired) electrons. The van der Waals surface area contributed by atoms with Crippen LogP contribution in [0.25, 0.3) is 0 Å². The van der Waals surface area contributed by atoms with Crippen LogP contribution in [0.4, 0.5) is 0 Å². The van der Waals surface area contributed by atoms with Crippen molar-refractivity contribution in [3.05, 3.63) is 0 Å². The zero-order chi connectivity index (χ0) is 22.0. The Morgan fingerprint density at radius 1 is 0.586 bits per heavy atom. The van der Waals surface area contributed by atoms with Gasteiger partial charge in [-0.2, -0.15) is 0 Å². The van der Waals surface area contributed by atoms with Crippen molar-refractivity contribution in [3.8, 4) is 0 Å². The summed E-state index contributed by atoms with van der Waals surface area (Å²) in [6.07, 6.45) is -3.45. The van der Waals surface area contributed by atoms with E-state index in [4.69, 9.17) is 28.4 Å². The molecule has 1 saturated heterocycles. The lowest BCUT2D eigenvalue weighted by Gasteiger charge is -2.55. The first kappa shape index (κ1) is 28.4. The maximum absolute atomic E-state index is 6.53. The second-order valence-corrected chi connectivity index (χ2v) is 21.1. The summed E-state index contributed by atoms with van der Waals surface area (Å²) in [5.41, 5.74) is -1.96. The predicted octanol–water partition coefficient (Wildman–Crippen LogP) is 5.59. The first-order valence-electron chi connectivity index (χ1n) is 10.4. The Kier molecular flexibility index (Phi) is 13.5. The molecule has 2 unspecified atom stereocenters. The molecule has 0 N–H and O–H groups in total. The quantitative estimate of drug-likeness (QED) is 0.150. The average molecular weight is 507 g/mol. The molecule has 0 spiro atoms. The molecule has 11 heteroatoms. The Balaban J connectivity index is 3.78. The van der Waals surface area contributed by atoms with Crippen LogP contribution < -0.4 is 0 Å². The van der Waals surface area contributed by atoms with Gasteiger partial charge >= 0.3 is 6.37 Å². The van der Waals surface area contributed by atoms with Crippen LogP contribution in [-0.4, -0.2) is 69.0 Å². The van der Waals surface area contributed by atoms with Gasteiger partial charge in [0.15, 0.2) is 0 Å². The van der Waals surface area contributed by atoms with Gasteiger partial charge in [-0.05, 0) is 75.0 Å². The Morgan fingerprint density at radius 3 is 1.14 bits per heavy atom. The molecule has 0 aromatic heterocycles. The fourth-order valence-electron chi connectivity index (χ4n) is 3.66. The highest BCUT2D eigenvalue weighted by Gasteiger charge is 2.77. The van der Waals surface area contributed by atoms with Gasteiger partial charge in [-0.15, -0.1) is 0 Å². The second kappa shape index (κ2) is 13.8. The Morgan fingerprint density at radius 2 is 0.897 bits per heavy atom. The van der Waals surface area contributed by atoms with E-state index >= 15 is 0 Å². The van der Waals surface area contributed by atoms with Crippen molar-refractivity contribution in [2.45, 2.75) is 78.4 Å². The second-order valence-electron chi connectivity index (χ2n) is 6.18. The third-order valence-electron chi connectivity index (χ3n) is 4.59. The van der Waals surface area contributed by atoms with Crippen molar-refractivity contribution in [1.29, 1.82) is 0 Å². The summed E-state index contributed by atoms with van der Waals surface area (Å²) in [4.78, 5) is 0. The van der Waals surface area contributed by atoms with Crippen LogP contribution in [0.5, 0.6) is 0 Å². The lowest BCUT2D eigenvalue weighted by Crippen LogP contribution is -2.78. The highest BCUT2D eigenvalue weighted by Crippen LogP contribution is 2.71. The summed E-state index contributed by atoms with van der Waals surface area (Å²) < 4.78 is 38.4. The van der Waals surface area contributed by atoms with Crippen molar-refractivity contribution in [2.75, 3.05) is 39.6 Å². The van der Waals surface area contributed by atoms with Gasteiger partial charge in [0, 0.05) is 39.6 Å². The molecule has 1 aliphatic rings. The minimum absolute atomic E-state index is 0.299. The molecule has 2 atom stereocenters. The minimum Gasteiger partial charge on any atom is -0.373 e. The van der Waals surface area contributed by atoms with E-state index in [1.165, 1.54) is 0 Å². The molecule has 0 aliphatic carbocycles. The Labute approximate surface area is 192 Å². The van der Waals surface area contributed by atoms with E-state index in [2.05, 4.69) is 0 Å². The molecular formula is C18H38O6S4Si. The summed E-state index contributed by atoms with van der Waals surface area (Å²) in [5, 5.41) is 0. The van der Waals surface area contributed by atoms with E-state index in [9.17, 15) is 0 Å². The summed E-state index contributed by atoms with van der Waals surface area (Å²) >= 11 is 0. The maximum Gasteiger partial charge on any atom is 0.338 e. The number of hydrogen-bond acceptors (Lipinski definition) is 10. The zero-order valence-corrected chi connectivity index (χ0v) is 23.2. The highest BCUT2D eigenvalue weighted by atomic mass is 33.8. The third kappa shape index (κ3) is 5.66. The molecule has 29 heavy (non-hydrogen) atoms. The molecule has 0 amide bonds. The van der Waals surface area contributed by atoms with Gasteiger partial charge in [0.05, 0.1) is 0 Å². The molecule has 1 heterocycles. The number of hydrogen-bond donors (Lipinski definition) is 0. The molecule has 174 valence electrons. The minimum atomic E-state index is -2.86. The van der Waals surface area contributed by atoms with Crippen LogP contribution >= 0.6 is 40.1 Å². The van der Waals surface area contributed by atoms with Gasteiger partial charge < -0.3 is 28.4 Å². The molecule has 1 aliphatic heterocycles. The molecule has 0 aromatic rings. The molecule has 0 saturated carbocycles. The third-order valence-corrected chi connectivity index (χ3v) is 28.7. The summed E-state index contributed by atoms with van der Waals surface area (Å²) in [5.74, 6) is 0. The molecule has 0 bridgehead atoms. The molecule has 0 aromatic carbocycles. The van der Waals surface area contributed by atoms with Crippen LogP contribution in [0, 0.1) is 0 Å². The highest BCUT2D eigenvalue weighted by molar-refractivity contribution is 9.41. The largest absolute Gasteiger partial charge is 0.373 e. The molecule has 1 rings (SSSR count). The van der Waals surface area contributed by atoms with E-state index in [1.807, 2.05) is 55.4 Å². The lowest BCUT2D eigenvalue weighted by atomic mass is 10.3. The molecular weight excluding hydrogens is 469 g/mol. The summed E-state index contributed by atoms with van der Waals surface area (Å²) in [6, 6.07) is 0. The van der Waals surface area contributed by atoms with Crippen molar-refractivity contribution >= 4 is 46.5 Å². The number of ether oxygens (including phenoxy) is 6. The van der Waals surface area contributed by atoms with Gasteiger partial charge in [-0.3, -0.25) is 0 Å². The van der Waals surface area contributed by atoms with Crippen LogP contribution in [0.15, 0.2) is 0 Å². The topological polar surface area (TPSA) is 55.4 Å². The van der Waals surface area contributed by atoms with Gasteiger partial charge in [0.1, 0.15) is 12.2 Å². The standard InChI is InChI=1S/C18H38O6S4Si/c1-9-19-15(7)17(21-11-3,22-12-4)29(27-25-26-28-29)18(23-13-5,24-14-6)16(8)20-10-2/h15-16H,9-14H2,1-8H3. The van der Waals surface area contributed by atoms with Gasteiger partial charge in [0.25, 0.3) is 0 Å². The van der Waals surface area contributed by atoms with Crippen LogP contribution in [-0.2, 0) is 28.4 Å². The van der Waals surface area contributed by atoms with Crippen molar-refractivity contribution < 1.29 is 28.4 Å². The predicted molar refractivity (Wildman–Crippen MR) is 130 cm³/mol. The van der Waals surface area contributed by atoms with Gasteiger partial charge in [-0.1, -0.05) is 20.5 Å². The van der Waals surface area contributed by atoms with Crippen molar-refractivity contribution in [1.82, 2.24) is 0 Å². The molecule has 1 fully saturated rings. The van der Waals surface area contributed by atoms with Crippen molar-refractivity contribution in [3.63, 3.8) is 0 Å². The van der Waals surface area contributed by atoms with E-state index < -0.39 is 17.2 Å². The fourth-order valence-corrected chi connectivity index (χ4v) is 38.4. The van der Waals surface area contributed by atoms with E-state index in [-0.39, 0.29) is 12.2 Å². The van der Waals surface area contributed by atoms with Crippen LogP contribution in [0.3, 0.4) is 0 Å². The van der Waals surface area contributed by atoms with E-state index in [0.29, 0.717) is 39.6 Å². The monoisotopic (exact) mass is 506 g/mol. The van der Waals surface area contributed by atoms with Gasteiger partial charge in [0.2, 0.25) is 10.8 Å². The fraction of sp³-hybridized carbons (Fsp3) is 1.00.